The second-order valence-corrected chi connectivity index (χ2v) is 5.88. The summed E-state index contributed by atoms with van der Waals surface area (Å²) in [4.78, 5) is 15.6. The van der Waals surface area contributed by atoms with Crippen molar-refractivity contribution < 1.29 is 4.79 Å². The number of nitrogens with zero attached hydrogens (tertiary/aromatic N) is 1. The quantitative estimate of drug-likeness (QED) is 0.645. The van der Waals surface area contributed by atoms with E-state index in [9.17, 15) is 4.79 Å². The van der Waals surface area contributed by atoms with E-state index in [0.29, 0.717) is 12.6 Å². The summed E-state index contributed by atoms with van der Waals surface area (Å²) in [6, 6.07) is 4.56. The van der Waals surface area contributed by atoms with Crippen LogP contribution in [0.4, 0.5) is 0 Å². The average molecular weight is 290 g/mol. The Bertz CT molecular complexity index is 459. The van der Waals surface area contributed by atoms with Crippen molar-refractivity contribution in [2.45, 2.75) is 25.8 Å². The molecule has 0 aromatic carbocycles. The molecule has 1 aromatic heterocycles. The van der Waals surface area contributed by atoms with E-state index in [1.807, 2.05) is 19.1 Å². The van der Waals surface area contributed by atoms with Crippen LogP contribution in [0.15, 0.2) is 41.8 Å². The number of likely N-dealkylation sites (tertiary alicyclic amines) is 1. The van der Waals surface area contributed by atoms with Gasteiger partial charge in [-0.15, -0.1) is 11.3 Å². The van der Waals surface area contributed by atoms with Crippen LogP contribution < -0.4 is 5.32 Å². The highest BCUT2D eigenvalue weighted by atomic mass is 32.1. The molecule has 4 heteroatoms. The highest BCUT2D eigenvalue weighted by Gasteiger charge is 2.24. The topological polar surface area (TPSA) is 32.3 Å². The maximum absolute atomic E-state index is 11.8. The lowest BCUT2D eigenvalue weighted by atomic mass is 10.2. The van der Waals surface area contributed by atoms with Gasteiger partial charge in [-0.25, -0.2) is 0 Å². The van der Waals surface area contributed by atoms with Gasteiger partial charge in [0.25, 0.3) is 0 Å². The first-order valence-electron chi connectivity index (χ1n) is 7.16. The molecule has 108 valence electrons. The normalized spacial score (nSPS) is 18.1. The third kappa shape index (κ3) is 4.32. The van der Waals surface area contributed by atoms with Crippen LogP contribution in [-0.4, -0.2) is 30.4 Å². The lowest BCUT2D eigenvalue weighted by Crippen LogP contribution is -2.35. The molecule has 2 rings (SSSR count). The SMILES string of the molecule is C/C=C/C=C/C(=O)NCC(c1cccs1)N1CCCC1. The molecule has 1 saturated heterocycles. The van der Waals surface area contributed by atoms with Crippen LogP contribution in [0.1, 0.15) is 30.7 Å². The molecule has 0 saturated carbocycles. The summed E-state index contributed by atoms with van der Waals surface area (Å²) < 4.78 is 0. The van der Waals surface area contributed by atoms with Crippen molar-refractivity contribution in [3.05, 3.63) is 46.7 Å². The zero-order chi connectivity index (χ0) is 14.2. The smallest absolute Gasteiger partial charge is 0.244 e. The maximum Gasteiger partial charge on any atom is 0.244 e. The predicted molar refractivity (Wildman–Crippen MR) is 84.8 cm³/mol. The second kappa shape index (κ2) is 8.02. The van der Waals surface area contributed by atoms with E-state index in [0.717, 1.165) is 13.1 Å². The van der Waals surface area contributed by atoms with Crippen LogP contribution in [0.25, 0.3) is 0 Å². The lowest BCUT2D eigenvalue weighted by molar-refractivity contribution is -0.116. The molecule has 1 aliphatic rings. The van der Waals surface area contributed by atoms with Gasteiger partial charge < -0.3 is 5.32 Å². The molecule has 1 aromatic rings. The highest BCUT2D eigenvalue weighted by Crippen LogP contribution is 2.27. The van der Waals surface area contributed by atoms with Crippen molar-refractivity contribution in [3.8, 4) is 0 Å². The van der Waals surface area contributed by atoms with Crippen LogP contribution in [-0.2, 0) is 4.79 Å². The van der Waals surface area contributed by atoms with Crippen molar-refractivity contribution in [2.75, 3.05) is 19.6 Å². The standard InChI is InChI=1S/C16H22N2OS/c1-2-3-4-9-16(19)17-13-14(15-8-7-12-20-15)18-10-5-6-11-18/h2-4,7-9,12,14H,5-6,10-11,13H2,1H3,(H,17,19)/b3-2+,9-4+. The number of carbonyl (C=O) groups excluding carboxylic acids is 1. The molecule has 3 nitrogen and oxygen atoms in total. The first kappa shape index (κ1) is 15.0. The summed E-state index contributed by atoms with van der Waals surface area (Å²) in [5, 5.41) is 5.12. The molecule has 20 heavy (non-hydrogen) atoms. The first-order valence-corrected chi connectivity index (χ1v) is 8.04. The van der Waals surface area contributed by atoms with Crippen molar-refractivity contribution in [1.29, 1.82) is 0 Å². The number of nitrogens with one attached hydrogen (secondary N) is 1. The van der Waals surface area contributed by atoms with E-state index in [1.165, 1.54) is 17.7 Å². The minimum atomic E-state index is -0.0242. The van der Waals surface area contributed by atoms with E-state index < -0.39 is 0 Å². The van der Waals surface area contributed by atoms with Gasteiger partial charge >= 0.3 is 0 Å². The van der Waals surface area contributed by atoms with Gasteiger partial charge in [-0.1, -0.05) is 24.3 Å². The third-order valence-electron chi connectivity index (χ3n) is 3.47. The predicted octanol–water partition coefficient (Wildman–Crippen LogP) is 3.13. The van der Waals surface area contributed by atoms with Gasteiger partial charge in [0.15, 0.2) is 0 Å². The minimum absolute atomic E-state index is 0.0242. The van der Waals surface area contributed by atoms with E-state index >= 15 is 0 Å². The Morgan fingerprint density at radius 3 is 2.90 bits per heavy atom. The molecular weight excluding hydrogens is 268 g/mol. The molecule has 0 radical (unpaired) electrons. The zero-order valence-electron chi connectivity index (χ0n) is 11.9. The monoisotopic (exact) mass is 290 g/mol. The fraction of sp³-hybridized carbons (Fsp3) is 0.438. The van der Waals surface area contributed by atoms with Crippen molar-refractivity contribution >= 4 is 17.2 Å². The molecule has 1 fully saturated rings. The molecule has 1 unspecified atom stereocenters. The van der Waals surface area contributed by atoms with E-state index in [2.05, 4.69) is 27.7 Å². The summed E-state index contributed by atoms with van der Waals surface area (Å²) in [5.41, 5.74) is 0. The number of allylic oxidation sites excluding steroid dienone is 3. The Kier molecular flexibility index (Phi) is 6.02. The van der Waals surface area contributed by atoms with Crippen LogP contribution in [0.5, 0.6) is 0 Å². The fourth-order valence-corrected chi connectivity index (χ4v) is 3.31. The molecule has 0 bridgehead atoms. The Labute approximate surface area is 125 Å². The maximum atomic E-state index is 11.8. The van der Waals surface area contributed by atoms with Gasteiger partial charge in [-0.05, 0) is 44.3 Å². The number of hydrogen-bond donors (Lipinski definition) is 1. The molecular formula is C16H22N2OS. The number of rotatable bonds is 6. The van der Waals surface area contributed by atoms with Crippen molar-refractivity contribution in [1.82, 2.24) is 10.2 Å². The molecule has 1 atom stereocenters. The number of amides is 1. The van der Waals surface area contributed by atoms with E-state index in [1.54, 1.807) is 23.5 Å². The summed E-state index contributed by atoms with van der Waals surface area (Å²) in [5.74, 6) is -0.0242. The van der Waals surface area contributed by atoms with E-state index in [4.69, 9.17) is 0 Å². The summed E-state index contributed by atoms with van der Waals surface area (Å²) >= 11 is 1.77. The number of thiophene rings is 1. The Hall–Kier alpha value is -1.39. The fourth-order valence-electron chi connectivity index (χ4n) is 2.45. The van der Waals surface area contributed by atoms with Gasteiger partial charge in [0, 0.05) is 17.5 Å². The summed E-state index contributed by atoms with van der Waals surface area (Å²) in [7, 11) is 0. The average Bonchev–Trinajstić information content (AvgIpc) is 3.12. The van der Waals surface area contributed by atoms with Gasteiger partial charge in [0.2, 0.25) is 5.91 Å². The van der Waals surface area contributed by atoms with Gasteiger partial charge in [0.05, 0.1) is 6.04 Å². The molecule has 0 spiro atoms. The zero-order valence-corrected chi connectivity index (χ0v) is 12.7. The molecule has 1 N–H and O–H groups in total. The number of hydrogen-bond acceptors (Lipinski definition) is 3. The van der Waals surface area contributed by atoms with Crippen molar-refractivity contribution in [2.24, 2.45) is 0 Å². The van der Waals surface area contributed by atoms with Gasteiger partial charge in [-0.2, -0.15) is 0 Å². The Balaban J connectivity index is 1.93. The van der Waals surface area contributed by atoms with Crippen molar-refractivity contribution in [3.63, 3.8) is 0 Å². The van der Waals surface area contributed by atoms with Gasteiger partial charge in [-0.3, -0.25) is 9.69 Å². The van der Waals surface area contributed by atoms with Crippen LogP contribution in [0.2, 0.25) is 0 Å². The second-order valence-electron chi connectivity index (χ2n) is 4.90. The molecule has 1 aliphatic heterocycles. The molecule has 1 amide bonds. The summed E-state index contributed by atoms with van der Waals surface area (Å²) in [6.07, 6.45) is 9.63. The first-order chi connectivity index (χ1) is 9.81. The van der Waals surface area contributed by atoms with Gasteiger partial charge in [0.1, 0.15) is 0 Å². The van der Waals surface area contributed by atoms with Crippen LogP contribution in [0, 0.1) is 0 Å². The number of carbonyl (C=O) groups is 1. The highest BCUT2D eigenvalue weighted by molar-refractivity contribution is 7.10. The Morgan fingerprint density at radius 2 is 2.25 bits per heavy atom. The third-order valence-corrected chi connectivity index (χ3v) is 4.45. The minimum Gasteiger partial charge on any atom is -0.351 e. The largest absolute Gasteiger partial charge is 0.351 e. The Morgan fingerprint density at radius 1 is 1.45 bits per heavy atom. The van der Waals surface area contributed by atoms with E-state index in [-0.39, 0.29) is 5.91 Å². The summed E-state index contributed by atoms with van der Waals surface area (Å²) in [6.45, 7) is 4.88. The lowest BCUT2D eigenvalue weighted by Gasteiger charge is -2.26. The van der Waals surface area contributed by atoms with Crippen LogP contribution in [0.3, 0.4) is 0 Å². The molecule has 2 heterocycles. The molecule has 0 aliphatic carbocycles. The van der Waals surface area contributed by atoms with Crippen LogP contribution >= 0.6 is 11.3 Å².